The van der Waals surface area contributed by atoms with Crippen LogP contribution in [0.25, 0.3) is 0 Å². The normalized spacial score (nSPS) is 15.3. The SMILES string of the molecule is N#Cc1cccc(N2CCN(Cc3ccc([N+](=O)[O-])o3)CC2)c1. The minimum atomic E-state index is -0.524. The number of nitro groups is 1. The molecule has 1 aliphatic rings. The topological polar surface area (TPSA) is 86.5 Å². The smallest absolute Gasteiger partial charge is 0.404 e. The fraction of sp³-hybridized carbons (Fsp3) is 0.312. The number of furan rings is 1. The molecule has 0 spiro atoms. The van der Waals surface area contributed by atoms with Gasteiger partial charge in [-0.3, -0.25) is 15.0 Å². The average Bonchev–Trinajstić information content (AvgIpc) is 3.04. The van der Waals surface area contributed by atoms with Gasteiger partial charge in [0.15, 0.2) is 0 Å². The van der Waals surface area contributed by atoms with E-state index in [-0.39, 0.29) is 5.88 Å². The van der Waals surface area contributed by atoms with Crippen LogP contribution in [0.5, 0.6) is 0 Å². The minimum Gasteiger partial charge on any atom is -0.404 e. The van der Waals surface area contributed by atoms with Gasteiger partial charge in [-0.25, -0.2) is 0 Å². The van der Waals surface area contributed by atoms with Crippen LogP contribution >= 0.6 is 0 Å². The molecule has 3 rings (SSSR count). The Kier molecular flexibility index (Phi) is 4.26. The van der Waals surface area contributed by atoms with Crippen LogP contribution < -0.4 is 4.90 Å². The van der Waals surface area contributed by atoms with Crippen LogP contribution in [-0.4, -0.2) is 36.0 Å². The Morgan fingerprint density at radius 3 is 2.65 bits per heavy atom. The van der Waals surface area contributed by atoms with Crippen molar-refractivity contribution in [1.29, 1.82) is 5.26 Å². The van der Waals surface area contributed by atoms with E-state index < -0.39 is 4.92 Å². The largest absolute Gasteiger partial charge is 0.433 e. The summed E-state index contributed by atoms with van der Waals surface area (Å²) in [5.41, 5.74) is 1.71. The van der Waals surface area contributed by atoms with E-state index >= 15 is 0 Å². The third kappa shape index (κ3) is 3.49. The molecule has 2 heterocycles. The van der Waals surface area contributed by atoms with Crippen LogP contribution in [0.15, 0.2) is 40.8 Å². The molecule has 0 saturated carbocycles. The molecule has 7 nitrogen and oxygen atoms in total. The van der Waals surface area contributed by atoms with E-state index in [0.29, 0.717) is 17.9 Å². The van der Waals surface area contributed by atoms with Crippen molar-refractivity contribution in [3.05, 3.63) is 57.8 Å². The molecule has 1 aliphatic heterocycles. The Labute approximate surface area is 133 Å². The Bertz CT molecular complexity index is 742. The molecule has 0 radical (unpaired) electrons. The number of piperazine rings is 1. The summed E-state index contributed by atoms with van der Waals surface area (Å²) in [6, 6.07) is 12.8. The molecule has 0 unspecified atom stereocenters. The predicted molar refractivity (Wildman–Crippen MR) is 84.0 cm³/mol. The van der Waals surface area contributed by atoms with Crippen LogP contribution in [0.4, 0.5) is 11.6 Å². The highest BCUT2D eigenvalue weighted by Gasteiger charge is 2.20. The lowest BCUT2D eigenvalue weighted by Crippen LogP contribution is -2.45. The van der Waals surface area contributed by atoms with Gasteiger partial charge in [0.2, 0.25) is 0 Å². The van der Waals surface area contributed by atoms with Gasteiger partial charge in [0.05, 0.1) is 24.2 Å². The van der Waals surface area contributed by atoms with Crippen molar-refractivity contribution in [1.82, 2.24) is 4.90 Å². The molecule has 118 valence electrons. The lowest BCUT2D eigenvalue weighted by atomic mass is 10.2. The fourth-order valence-corrected chi connectivity index (χ4v) is 2.71. The Hall–Kier alpha value is -2.85. The van der Waals surface area contributed by atoms with Crippen LogP contribution in [0, 0.1) is 21.4 Å². The molecule has 0 atom stereocenters. The monoisotopic (exact) mass is 312 g/mol. The van der Waals surface area contributed by atoms with E-state index in [0.717, 1.165) is 31.9 Å². The minimum absolute atomic E-state index is 0.216. The highest BCUT2D eigenvalue weighted by Crippen LogP contribution is 2.20. The molecule has 23 heavy (non-hydrogen) atoms. The summed E-state index contributed by atoms with van der Waals surface area (Å²) >= 11 is 0. The number of rotatable bonds is 4. The summed E-state index contributed by atoms with van der Waals surface area (Å²) in [6.45, 7) is 3.94. The van der Waals surface area contributed by atoms with Crippen molar-refractivity contribution >= 4 is 11.6 Å². The van der Waals surface area contributed by atoms with Gasteiger partial charge in [-0.05, 0) is 24.3 Å². The maximum atomic E-state index is 10.6. The van der Waals surface area contributed by atoms with Crippen LogP contribution in [-0.2, 0) is 6.54 Å². The number of hydrogen-bond acceptors (Lipinski definition) is 6. The first-order valence-electron chi connectivity index (χ1n) is 7.36. The average molecular weight is 312 g/mol. The van der Waals surface area contributed by atoms with E-state index in [1.165, 1.54) is 6.07 Å². The number of nitriles is 1. The van der Waals surface area contributed by atoms with E-state index in [9.17, 15) is 10.1 Å². The Balaban J connectivity index is 1.57. The Morgan fingerprint density at radius 1 is 1.22 bits per heavy atom. The molecule has 7 heteroatoms. The quantitative estimate of drug-likeness (QED) is 0.636. The van der Waals surface area contributed by atoms with Gasteiger partial charge in [0.25, 0.3) is 0 Å². The Morgan fingerprint density at radius 2 is 2.00 bits per heavy atom. The highest BCUT2D eigenvalue weighted by atomic mass is 16.6. The number of anilines is 1. The zero-order valence-corrected chi connectivity index (χ0v) is 12.5. The van der Waals surface area contributed by atoms with E-state index in [1.807, 2.05) is 18.2 Å². The number of hydrogen-bond donors (Lipinski definition) is 0. The van der Waals surface area contributed by atoms with Crippen molar-refractivity contribution in [3.63, 3.8) is 0 Å². The molecule has 1 aromatic carbocycles. The van der Waals surface area contributed by atoms with Gasteiger partial charge in [-0.2, -0.15) is 5.26 Å². The summed E-state index contributed by atoms with van der Waals surface area (Å²) in [7, 11) is 0. The fourth-order valence-electron chi connectivity index (χ4n) is 2.71. The number of nitrogens with zero attached hydrogens (tertiary/aromatic N) is 4. The first-order chi connectivity index (χ1) is 11.2. The second-order valence-electron chi connectivity index (χ2n) is 5.42. The molecule has 0 aliphatic carbocycles. The van der Waals surface area contributed by atoms with Gasteiger partial charge < -0.3 is 9.32 Å². The maximum Gasteiger partial charge on any atom is 0.433 e. The van der Waals surface area contributed by atoms with Crippen molar-refractivity contribution in [2.24, 2.45) is 0 Å². The van der Waals surface area contributed by atoms with E-state index in [4.69, 9.17) is 9.68 Å². The maximum absolute atomic E-state index is 10.6. The summed E-state index contributed by atoms with van der Waals surface area (Å²) in [5.74, 6) is 0.392. The number of benzene rings is 1. The second-order valence-corrected chi connectivity index (χ2v) is 5.42. The van der Waals surface area contributed by atoms with Gasteiger partial charge in [0, 0.05) is 31.9 Å². The standard InChI is InChI=1S/C16H16N4O3/c17-11-13-2-1-3-14(10-13)19-8-6-18(7-9-19)12-15-4-5-16(23-15)20(21)22/h1-5,10H,6-9,12H2. The van der Waals surface area contributed by atoms with Crippen molar-refractivity contribution in [2.75, 3.05) is 31.1 Å². The summed E-state index contributed by atoms with van der Waals surface area (Å²) < 4.78 is 5.20. The van der Waals surface area contributed by atoms with Crippen molar-refractivity contribution in [3.8, 4) is 6.07 Å². The summed E-state index contributed by atoms with van der Waals surface area (Å²) in [6.07, 6.45) is 0. The van der Waals surface area contributed by atoms with Gasteiger partial charge in [0.1, 0.15) is 10.7 Å². The van der Waals surface area contributed by atoms with Crippen LogP contribution in [0.3, 0.4) is 0 Å². The van der Waals surface area contributed by atoms with Crippen molar-refractivity contribution in [2.45, 2.75) is 6.54 Å². The summed E-state index contributed by atoms with van der Waals surface area (Å²) in [4.78, 5) is 14.5. The van der Waals surface area contributed by atoms with Gasteiger partial charge >= 0.3 is 5.88 Å². The third-order valence-corrected chi connectivity index (χ3v) is 3.92. The molecule has 1 fully saturated rings. The van der Waals surface area contributed by atoms with Crippen LogP contribution in [0.1, 0.15) is 11.3 Å². The predicted octanol–water partition coefficient (Wildman–Crippen LogP) is 2.38. The molecular formula is C16H16N4O3. The highest BCUT2D eigenvalue weighted by molar-refractivity contribution is 5.51. The van der Waals surface area contributed by atoms with Gasteiger partial charge in [-0.15, -0.1) is 0 Å². The third-order valence-electron chi connectivity index (χ3n) is 3.92. The second kappa shape index (κ2) is 6.50. The van der Waals surface area contributed by atoms with E-state index in [2.05, 4.69) is 15.9 Å². The zero-order chi connectivity index (χ0) is 16.2. The molecular weight excluding hydrogens is 296 g/mol. The zero-order valence-electron chi connectivity index (χ0n) is 12.5. The first-order valence-corrected chi connectivity index (χ1v) is 7.36. The molecule has 0 N–H and O–H groups in total. The lowest BCUT2D eigenvalue weighted by molar-refractivity contribution is -0.402. The van der Waals surface area contributed by atoms with Gasteiger partial charge in [-0.1, -0.05) is 6.07 Å². The molecule has 0 amide bonds. The van der Waals surface area contributed by atoms with Crippen molar-refractivity contribution < 1.29 is 9.34 Å². The van der Waals surface area contributed by atoms with E-state index in [1.54, 1.807) is 12.1 Å². The van der Waals surface area contributed by atoms with Crippen LogP contribution in [0.2, 0.25) is 0 Å². The molecule has 2 aromatic rings. The summed E-state index contributed by atoms with van der Waals surface area (Å²) in [5, 5.41) is 19.6. The first kappa shape index (κ1) is 15.1. The molecule has 0 bridgehead atoms. The molecule has 1 saturated heterocycles. The lowest BCUT2D eigenvalue weighted by Gasteiger charge is -2.35. The molecule has 1 aromatic heterocycles.